The third kappa shape index (κ3) is 3.07. The second-order valence-corrected chi connectivity index (χ2v) is 7.53. The summed E-state index contributed by atoms with van der Waals surface area (Å²) in [4.78, 5) is 44.1. The number of para-hydroxylation sites is 1. The highest BCUT2D eigenvalue weighted by atomic mass is 16.7. The summed E-state index contributed by atoms with van der Waals surface area (Å²) < 4.78 is 0. The van der Waals surface area contributed by atoms with Crippen molar-refractivity contribution in [1.82, 2.24) is 0 Å². The summed E-state index contributed by atoms with van der Waals surface area (Å²) in [6.45, 7) is 0. The van der Waals surface area contributed by atoms with Gasteiger partial charge in [-0.3, -0.25) is 24.5 Å². The minimum atomic E-state index is -1.04. The zero-order valence-electron chi connectivity index (χ0n) is 16.6. The standard InChI is InChI=1S/C23H17N3O6/c27-18-12-6-14(7-13-18)20-19-21(32-25(20)16-4-2-1-3-5-16)23(29)24(22(19)28)15-8-10-17(11-9-15)26(30)31/h1-13,19-21,27H/t19-,20-,21+/m0/s1. The van der Waals surface area contributed by atoms with Crippen molar-refractivity contribution < 1.29 is 24.5 Å². The molecule has 3 atom stereocenters. The van der Waals surface area contributed by atoms with Gasteiger partial charge in [0.1, 0.15) is 11.7 Å². The highest BCUT2D eigenvalue weighted by molar-refractivity contribution is 6.23. The normalized spacial score (nSPS) is 22.3. The highest BCUT2D eigenvalue weighted by Gasteiger charge is 2.60. The zero-order chi connectivity index (χ0) is 22.4. The molecule has 0 spiro atoms. The van der Waals surface area contributed by atoms with E-state index in [1.54, 1.807) is 17.2 Å². The molecule has 2 amide bonds. The summed E-state index contributed by atoms with van der Waals surface area (Å²) in [5.41, 5.74) is 1.49. The maximum Gasteiger partial charge on any atom is 0.269 e. The van der Waals surface area contributed by atoms with Crippen LogP contribution in [0.5, 0.6) is 5.75 Å². The number of fused-ring (bicyclic) bond motifs is 1. The molecule has 0 aliphatic carbocycles. The Hall–Kier alpha value is -4.24. The number of rotatable bonds is 4. The molecule has 1 N–H and O–H groups in total. The van der Waals surface area contributed by atoms with Gasteiger partial charge in [0.2, 0.25) is 5.91 Å². The predicted octanol–water partition coefficient (Wildman–Crippen LogP) is 3.35. The number of carbonyl (C=O) groups is 2. The molecule has 160 valence electrons. The van der Waals surface area contributed by atoms with Gasteiger partial charge in [0.05, 0.1) is 22.3 Å². The van der Waals surface area contributed by atoms with Gasteiger partial charge in [0.25, 0.3) is 11.6 Å². The van der Waals surface area contributed by atoms with Crippen LogP contribution in [0.15, 0.2) is 78.9 Å². The number of aromatic hydroxyl groups is 1. The number of phenols is 1. The maximum atomic E-state index is 13.5. The highest BCUT2D eigenvalue weighted by Crippen LogP contribution is 2.47. The van der Waals surface area contributed by atoms with E-state index in [1.165, 1.54) is 36.4 Å². The molecule has 0 saturated carbocycles. The Balaban J connectivity index is 1.55. The molecule has 9 heteroatoms. The first-order valence-electron chi connectivity index (χ1n) is 9.88. The van der Waals surface area contributed by atoms with E-state index in [-0.39, 0.29) is 17.1 Å². The van der Waals surface area contributed by atoms with Crippen LogP contribution in [0.25, 0.3) is 0 Å². The van der Waals surface area contributed by atoms with E-state index in [0.29, 0.717) is 11.3 Å². The Labute approximate surface area is 182 Å². The van der Waals surface area contributed by atoms with Crippen LogP contribution in [0.1, 0.15) is 11.6 Å². The molecule has 0 aromatic heterocycles. The fourth-order valence-corrected chi connectivity index (χ4v) is 4.20. The summed E-state index contributed by atoms with van der Waals surface area (Å²) in [6, 6.07) is 20.2. The van der Waals surface area contributed by atoms with Gasteiger partial charge in [-0.15, -0.1) is 0 Å². The number of hydrogen-bond donors (Lipinski definition) is 1. The Morgan fingerprint density at radius 3 is 2.12 bits per heavy atom. The lowest BCUT2D eigenvalue weighted by Crippen LogP contribution is -2.37. The number of hydroxylamine groups is 1. The van der Waals surface area contributed by atoms with Crippen molar-refractivity contribution in [2.75, 3.05) is 9.96 Å². The summed E-state index contributed by atoms with van der Waals surface area (Å²) >= 11 is 0. The van der Waals surface area contributed by atoms with Crippen molar-refractivity contribution in [2.24, 2.45) is 5.92 Å². The van der Waals surface area contributed by atoms with Gasteiger partial charge in [0.15, 0.2) is 6.10 Å². The number of amides is 2. The number of hydrogen-bond acceptors (Lipinski definition) is 7. The molecule has 9 nitrogen and oxygen atoms in total. The van der Waals surface area contributed by atoms with Gasteiger partial charge in [-0.05, 0) is 42.0 Å². The van der Waals surface area contributed by atoms with E-state index in [2.05, 4.69) is 0 Å². The Morgan fingerprint density at radius 1 is 0.844 bits per heavy atom. The van der Waals surface area contributed by atoms with Crippen LogP contribution in [0.4, 0.5) is 17.1 Å². The molecule has 3 aromatic carbocycles. The number of phenolic OH excluding ortho intramolecular Hbond substituents is 1. The molecule has 0 unspecified atom stereocenters. The number of carbonyl (C=O) groups excluding carboxylic acids is 2. The van der Waals surface area contributed by atoms with Crippen molar-refractivity contribution in [3.8, 4) is 5.75 Å². The molecule has 3 aromatic rings. The summed E-state index contributed by atoms with van der Waals surface area (Å²) in [5.74, 6) is -1.74. The summed E-state index contributed by atoms with van der Waals surface area (Å²) in [7, 11) is 0. The molecule has 2 aliphatic heterocycles. The lowest BCUT2D eigenvalue weighted by molar-refractivity contribution is -0.384. The Kier molecular flexibility index (Phi) is 4.60. The first kappa shape index (κ1) is 19.7. The summed E-state index contributed by atoms with van der Waals surface area (Å²) in [5, 5.41) is 22.2. The second kappa shape index (κ2) is 7.47. The number of imide groups is 1. The number of nitro groups is 1. The van der Waals surface area contributed by atoms with E-state index in [9.17, 15) is 24.8 Å². The third-order valence-corrected chi connectivity index (χ3v) is 5.68. The number of anilines is 2. The molecule has 5 rings (SSSR count). The minimum absolute atomic E-state index is 0.0804. The first-order chi connectivity index (χ1) is 15.5. The zero-order valence-corrected chi connectivity index (χ0v) is 16.6. The van der Waals surface area contributed by atoms with Crippen LogP contribution in [-0.4, -0.2) is 27.9 Å². The van der Waals surface area contributed by atoms with E-state index >= 15 is 0 Å². The van der Waals surface area contributed by atoms with Gasteiger partial charge in [-0.2, -0.15) is 0 Å². The van der Waals surface area contributed by atoms with E-state index in [4.69, 9.17) is 4.84 Å². The quantitative estimate of drug-likeness (QED) is 0.383. The second-order valence-electron chi connectivity index (χ2n) is 7.53. The van der Waals surface area contributed by atoms with Gasteiger partial charge < -0.3 is 5.11 Å². The molecular formula is C23H17N3O6. The van der Waals surface area contributed by atoms with Crippen molar-refractivity contribution >= 4 is 28.9 Å². The summed E-state index contributed by atoms with van der Waals surface area (Å²) in [6.07, 6.45) is -1.04. The molecule has 2 aliphatic rings. The van der Waals surface area contributed by atoms with Crippen LogP contribution >= 0.6 is 0 Å². The number of nitro benzene ring substituents is 1. The van der Waals surface area contributed by atoms with Gasteiger partial charge >= 0.3 is 0 Å². The molecule has 2 heterocycles. The van der Waals surface area contributed by atoms with E-state index in [0.717, 1.165) is 4.90 Å². The average molecular weight is 431 g/mol. The predicted molar refractivity (Wildman–Crippen MR) is 114 cm³/mol. The maximum absolute atomic E-state index is 13.5. The average Bonchev–Trinajstić information content (AvgIpc) is 3.31. The topological polar surface area (TPSA) is 113 Å². The number of benzene rings is 3. The number of non-ortho nitro benzene ring substituents is 1. The van der Waals surface area contributed by atoms with Gasteiger partial charge in [-0.25, -0.2) is 9.96 Å². The molecular weight excluding hydrogens is 414 g/mol. The lowest BCUT2D eigenvalue weighted by Gasteiger charge is -2.28. The van der Waals surface area contributed by atoms with Crippen LogP contribution in [0.3, 0.4) is 0 Å². The Morgan fingerprint density at radius 2 is 1.50 bits per heavy atom. The Bertz CT molecular complexity index is 1200. The molecule has 0 radical (unpaired) electrons. The van der Waals surface area contributed by atoms with Crippen molar-refractivity contribution in [2.45, 2.75) is 12.1 Å². The van der Waals surface area contributed by atoms with Crippen LogP contribution in [0.2, 0.25) is 0 Å². The van der Waals surface area contributed by atoms with Crippen LogP contribution < -0.4 is 9.96 Å². The first-order valence-corrected chi connectivity index (χ1v) is 9.88. The van der Waals surface area contributed by atoms with E-state index in [1.807, 2.05) is 30.3 Å². The monoisotopic (exact) mass is 431 g/mol. The van der Waals surface area contributed by atoms with Crippen molar-refractivity contribution in [3.63, 3.8) is 0 Å². The van der Waals surface area contributed by atoms with Crippen molar-refractivity contribution in [3.05, 3.63) is 94.5 Å². The van der Waals surface area contributed by atoms with E-state index < -0.39 is 34.8 Å². The van der Waals surface area contributed by atoms with Crippen LogP contribution in [0, 0.1) is 16.0 Å². The van der Waals surface area contributed by atoms with Crippen LogP contribution in [-0.2, 0) is 14.4 Å². The fourth-order valence-electron chi connectivity index (χ4n) is 4.20. The molecule has 2 saturated heterocycles. The minimum Gasteiger partial charge on any atom is -0.508 e. The smallest absolute Gasteiger partial charge is 0.269 e. The third-order valence-electron chi connectivity index (χ3n) is 5.68. The molecule has 0 bridgehead atoms. The van der Waals surface area contributed by atoms with Gasteiger partial charge in [-0.1, -0.05) is 30.3 Å². The van der Waals surface area contributed by atoms with Gasteiger partial charge in [0, 0.05) is 12.1 Å². The van der Waals surface area contributed by atoms with Crippen molar-refractivity contribution in [1.29, 1.82) is 0 Å². The fraction of sp³-hybridized carbons (Fsp3) is 0.130. The SMILES string of the molecule is O=C1[C@@H]2[C@@H](ON(c3ccccc3)[C@H]2c2ccc(O)cc2)C(=O)N1c1ccc([N+](=O)[O-])cc1. The largest absolute Gasteiger partial charge is 0.508 e. The lowest BCUT2D eigenvalue weighted by atomic mass is 9.90. The number of nitrogens with zero attached hydrogens (tertiary/aromatic N) is 3. The molecule has 2 fully saturated rings. The molecule has 32 heavy (non-hydrogen) atoms.